The fraction of sp³-hybridized carbons (Fsp3) is 0.483. The zero-order chi connectivity index (χ0) is 27.7. The quantitative estimate of drug-likeness (QED) is 0.554. The van der Waals surface area contributed by atoms with Crippen LogP contribution in [0.4, 0.5) is 10.5 Å². The average molecular weight is 524 g/mol. The summed E-state index contributed by atoms with van der Waals surface area (Å²) < 4.78 is 5.30. The number of hydrogen-bond acceptors (Lipinski definition) is 6. The predicted molar refractivity (Wildman–Crippen MR) is 143 cm³/mol. The van der Waals surface area contributed by atoms with E-state index in [0.29, 0.717) is 36.8 Å². The Kier molecular flexibility index (Phi) is 7.80. The normalized spacial score (nSPS) is 22.5. The highest BCUT2D eigenvalue weighted by Gasteiger charge is 2.47. The maximum absolute atomic E-state index is 13.3. The molecule has 9 nitrogen and oxygen atoms in total. The molecular formula is C29H37N3O6. The van der Waals surface area contributed by atoms with Gasteiger partial charge in [0.05, 0.1) is 6.54 Å². The van der Waals surface area contributed by atoms with Gasteiger partial charge in [0.1, 0.15) is 11.2 Å². The van der Waals surface area contributed by atoms with Gasteiger partial charge in [0.2, 0.25) is 0 Å². The number of nitrogens with zero attached hydrogens (tertiary/aromatic N) is 2. The van der Waals surface area contributed by atoms with E-state index in [1.165, 1.54) is 17.4 Å². The molecule has 0 aliphatic carbocycles. The minimum Gasteiger partial charge on any atom is -0.444 e. The third-order valence-electron chi connectivity index (χ3n) is 7.01. The molecule has 2 aromatic carbocycles. The van der Waals surface area contributed by atoms with Crippen LogP contribution >= 0.6 is 0 Å². The number of benzene rings is 2. The lowest BCUT2D eigenvalue weighted by Crippen LogP contribution is -2.39. The molecule has 9 heteroatoms. The van der Waals surface area contributed by atoms with E-state index in [9.17, 15) is 24.6 Å². The Morgan fingerprint density at radius 3 is 2.42 bits per heavy atom. The van der Waals surface area contributed by atoms with Gasteiger partial charge in [0.25, 0.3) is 11.8 Å². The highest BCUT2D eigenvalue weighted by molar-refractivity contribution is 6.02. The molecule has 0 bridgehead atoms. The number of rotatable bonds is 5. The number of likely N-dealkylation sites (tertiary alicyclic amines) is 1. The second-order valence-electron chi connectivity index (χ2n) is 11.4. The van der Waals surface area contributed by atoms with Crippen molar-refractivity contribution in [3.05, 3.63) is 65.2 Å². The summed E-state index contributed by atoms with van der Waals surface area (Å²) in [5.41, 5.74) is 1.02. The van der Waals surface area contributed by atoms with E-state index >= 15 is 0 Å². The zero-order valence-electron chi connectivity index (χ0n) is 22.4. The largest absolute Gasteiger partial charge is 0.444 e. The molecule has 3 N–H and O–H groups in total. The van der Waals surface area contributed by atoms with Gasteiger partial charge >= 0.3 is 6.09 Å². The Balaban J connectivity index is 1.35. The van der Waals surface area contributed by atoms with Crippen LogP contribution in [0.3, 0.4) is 0 Å². The predicted octanol–water partition coefficient (Wildman–Crippen LogP) is 3.19. The number of anilines is 1. The summed E-state index contributed by atoms with van der Waals surface area (Å²) in [5.74, 6) is -0.388. The first-order valence-electron chi connectivity index (χ1n) is 13.0. The van der Waals surface area contributed by atoms with Gasteiger partial charge in [-0.1, -0.05) is 30.3 Å². The molecule has 204 valence electrons. The van der Waals surface area contributed by atoms with Crippen LogP contribution in [0, 0.1) is 0 Å². The number of carbonyl (C=O) groups excluding carboxylic acids is 3. The number of aliphatic hydroxyl groups excluding tert-OH is 1. The Labute approximate surface area is 223 Å². The number of carbonyl (C=O) groups is 3. The smallest absolute Gasteiger partial charge is 0.407 e. The van der Waals surface area contributed by atoms with Crippen molar-refractivity contribution in [1.29, 1.82) is 0 Å². The zero-order valence-corrected chi connectivity index (χ0v) is 22.4. The monoisotopic (exact) mass is 523 g/mol. The van der Waals surface area contributed by atoms with Gasteiger partial charge in [0.15, 0.2) is 6.10 Å². The first-order chi connectivity index (χ1) is 17.8. The molecule has 0 unspecified atom stereocenters. The summed E-state index contributed by atoms with van der Waals surface area (Å²) in [6.45, 7) is 8.44. The molecule has 0 saturated carbocycles. The topological polar surface area (TPSA) is 119 Å². The number of piperidine rings is 1. The molecule has 2 aliphatic heterocycles. The molecule has 2 atom stereocenters. The lowest BCUT2D eigenvalue weighted by atomic mass is 9.88. The van der Waals surface area contributed by atoms with Crippen molar-refractivity contribution < 1.29 is 29.3 Å². The Morgan fingerprint density at radius 2 is 1.79 bits per heavy atom. The lowest BCUT2D eigenvalue weighted by molar-refractivity contribution is -0.130. The van der Waals surface area contributed by atoms with Crippen molar-refractivity contribution in [1.82, 2.24) is 10.2 Å². The molecule has 38 heavy (non-hydrogen) atoms. The molecule has 2 aliphatic rings. The van der Waals surface area contributed by atoms with Gasteiger partial charge in [0, 0.05) is 30.9 Å². The van der Waals surface area contributed by atoms with E-state index in [4.69, 9.17) is 4.74 Å². The number of amides is 3. The first-order valence-corrected chi connectivity index (χ1v) is 13.0. The van der Waals surface area contributed by atoms with E-state index in [-0.39, 0.29) is 12.5 Å². The second kappa shape index (κ2) is 10.7. The van der Waals surface area contributed by atoms with Crippen LogP contribution in [0.15, 0.2) is 48.5 Å². The van der Waals surface area contributed by atoms with Crippen LogP contribution in [0.5, 0.6) is 0 Å². The van der Waals surface area contributed by atoms with Crippen molar-refractivity contribution in [2.24, 2.45) is 0 Å². The van der Waals surface area contributed by atoms with Crippen molar-refractivity contribution in [3.8, 4) is 0 Å². The molecule has 0 spiro atoms. The molecular weight excluding hydrogens is 486 g/mol. The van der Waals surface area contributed by atoms with E-state index in [0.717, 1.165) is 18.4 Å². The fourth-order valence-electron chi connectivity index (χ4n) is 4.97. The van der Waals surface area contributed by atoms with Crippen LogP contribution in [0.1, 0.15) is 67.9 Å². The Hall–Kier alpha value is -3.43. The summed E-state index contributed by atoms with van der Waals surface area (Å²) in [6.07, 6.45) is -0.316. The number of β-amino-alcohol motifs (C(OH)–C–C–N with tert-alkyl or cyclic N) is 1. The van der Waals surface area contributed by atoms with Gasteiger partial charge in [-0.05, 0) is 75.8 Å². The number of nitrogens with one attached hydrogen (secondary N) is 1. The molecule has 2 fully saturated rings. The second-order valence-corrected chi connectivity index (χ2v) is 11.4. The lowest BCUT2D eigenvalue weighted by Gasteiger charge is -2.32. The van der Waals surface area contributed by atoms with Crippen LogP contribution in [0.25, 0.3) is 0 Å². The van der Waals surface area contributed by atoms with Crippen molar-refractivity contribution >= 4 is 23.6 Å². The summed E-state index contributed by atoms with van der Waals surface area (Å²) in [5, 5.41) is 23.1. The summed E-state index contributed by atoms with van der Waals surface area (Å²) in [7, 11) is 0. The van der Waals surface area contributed by atoms with Crippen molar-refractivity contribution in [3.63, 3.8) is 0 Å². The number of aliphatic hydroxyl groups is 2. The van der Waals surface area contributed by atoms with Gasteiger partial charge in [-0.15, -0.1) is 0 Å². The first kappa shape index (κ1) is 27.6. The van der Waals surface area contributed by atoms with Gasteiger partial charge in [-0.25, -0.2) is 4.79 Å². The summed E-state index contributed by atoms with van der Waals surface area (Å²) >= 11 is 0. The molecule has 3 amide bonds. The molecule has 0 aromatic heterocycles. The maximum atomic E-state index is 13.3. The molecule has 2 heterocycles. The van der Waals surface area contributed by atoms with Gasteiger partial charge in [-0.2, -0.15) is 0 Å². The van der Waals surface area contributed by atoms with Crippen LogP contribution in [-0.4, -0.2) is 70.0 Å². The van der Waals surface area contributed by atoms with E-state index in [1.807, 2.05) is 37.8 Å². The highest BCUT2D eigenvalue weighted by Crippen LogP contribution is 2.31. The minimum absolute atomic E-state index is 0.0393. The van der Waals surface area contributed by atoms with Crippen LogP contribution < -0.4 is 10.2 Å². The number of hydrogen-bond donors (Lipinski definition) is 3. The van der Waals surface area contributed by atoms with E-state index in [1.54, 1.807) is 24.3 Å². The third kappa shape index (κ3) is 6.34. The highest BCUT2D eigenvalue weighted by atomic mass is 16.6. The van der Waals surface area contributed by atoms with Gasteiger partial charge < -0.3 is 30.1 Å². The Bertz CT molecular complexity index is 1200. The molecule has 4 rings (SSSR count). The SMILES string of the molecule is CC(C)(C)OC(=O)NCc1cccc(C2CCN(C(=O)c3cccc(N4C[C@](C)(O)[C@H](O)C4=O)c3)CC2)c1. The number of ether oxygens (including phenoxy) is 1. The van der Waals surface area contributed by atoms with E-state index < -0.39 is 29.3 Å². The summed E-state index contributed by atoms with van der Waals surface area (Å²) in [4.78, 5) is 40.8. The fourth-order valence-corrected chi connectivity index (χ4v) is 4.97. The molecule has 0 radical (unpaired) electrons. The summed E-state index contributed by atoms with van der Waals surface area (Å²) in [6, 6.07) is 14.9. The van der Waals surface area contributed by atoms with Gasteiger partial charge in [-0.3, -0.25) is 9.59 Å². The number of alkyl carbamates (subject to hydrolysis) is 1. The van der Waals surface area contributed by atoms with Crippen molar-refractivity contribution in [2.75, 3.05) is 24.5 Å². The van der Waals surface area contributed by atoms with E-state index in [2.05, 4.69) is 17.4 Å². The minimum atomic E-state index is -1.54. The standard InChI is InChI=1S/C29H37N3O6/c1-28(2,3)38-27(36)30-17-19-7-5-8-21(15-19)20-11-13-31(14-12-20)25(34)22-9-6-10-23(16-22)32-18-29(4,37)24(33)26(32)35/h5-10,15-16,20,24,33,37H,11-14,17-18H2,1-4H3,(H,30,36)/t24-,29+/m1/s1. The Morgan fingerprint density at radius 1 is 1.11 bits per heavy atom. The molecule has 2 aromatic rings. The maximum Gasteiger partial charge on any atom is 0.407 e. The van der Waals surface area contributed by atoms with Crippen LogP contribution in [0.2, 0.25) is 0 Å². The molecule has 2 saturated heterocycles. The van der Waals surface area contributed by atoms with Crippen LogP contribution in [-0.2, 0) is 16.1 Å². The average Bonchev–Trinajstić information content (AvgIpc) is 3.09. The van der Waals surface area contributed by atoms with Crippen molar-refractivity contribution in [2.45, 2.75) is 70.3 Å². The third-order valence-corrected chi connectivity index (χ3v) is 7.01.